The van der Waals surface area contributed by atoms with E-state index < -0.39 is 0 Å². The van der Waals surface area contributed by atoms with Gasteiger partial charge >= 0.3 is 0 Å². The molecular formula is C29H34ClN5O2. The van der Waals surface area contributed by atoms with Crippen LogP contribution in [0.3, 0.4) is 0 Å². The van der Waals surface area contributed by atoms with Gasteiger partial charge in [0.15, 0.2) is 0 Å². The topological polar surface area (TPSA) is 83.5 Å². The zero-order valence-electron chi connectivity index (χ0n) is 22.4. The third-order valence-electron chi connectivity index (χ3n) is 7.12. The quantitative estimate of drug-likeness (QED) is 0.235. The molecule has 0 atom stereocenters. The van der Waals surface area contributed by atoms with Crippen LogP contribution in [0.15, 0.2) is 46.3 Å². The maximum Gasteiger partial charge on any atom is 0.270 e. The lowest BCUT2D eigenvalue weighted by Gasteiger charge is -2.37. The molecule has 0 aliphatic heterocycles. The SMILES string of the molecule is Cc1ccccc1/C(=N\OC(C)(C)C)C1CCC(N(C)c2c(C#N)c(=O)n(C)c3ccc(Cl)nc23)CC1. The van der Waals surface area contributed by atoms with Gasteiger partial charge < -0.3 is 14.3 Å². The lowest BCUT2D eigenvalue weighted by molar-refractivity contribution is -0.0000370. The summed E-state index contributed by atoms with van der Waals surface area (Å²) < 4.78 is 1.46. The van der Waals surface area contributed by atoms with E-state index in [0.717, 1.165) is 37.0 Å². The number of nitrogens with zero attached hydrogens (tertiary/aromatic N) is 5. The molecule has 0 radical (unpaired) electrons. The summed E-state index contributed by atoms with van der Waals surface area (Å²) in [6.07, 6.45) is 3.58. The van der Waals surface area contributed by atoms with Gasteiger partial charge in [-0.2, -0.15) is 5.26 Å². The minimum absolute atomic E-state index is 0.0927. The van der Waals surface area contributed by atoms with Crippen LogP contribution in [-0.4, -0.2) is 34.0 Å². The van der Waals surface area contributed by atoms with Crippen molar-refractivity contribution in [2.24, 2.45) is 18.1 Å². The third kappa shape index (κ3) is 5.50. The van der Waals surface area contributed by atoms with E-state index in [1.165, 1.54) is 10.1 Å². The number of nitriles is 1. The van der Waals surface area contributed by atoms with Crippen molar-refractivity contribution in [3.8, 4) is 6.07 Å². The first kappa shape index (κ1) is 26.7. The number of hydrogen-bond donors (Lipinski definition) is 0. The normalized spacial score (nSPS) is 18.5. The summed E-state index contributed by atoms with van der Waals surface area (Å²) in [5.41, 5.74) is 4.42. The number of anilines is 1. The molecule has 1 aliphatic carbocycles. The van der Waals surface area contributed by atoms with E-state index >= 15 is 0 Å². The van der Waals surface area contributed by atoms with Gasteiger partial charge in [-0.1, -0.05) is 41.0 Å². The second kappa shape index (κ2) is 10.5. The highest BCUT2D eigenvalue weighted by Crippen LogP contribution is 2.36. The van der Waals surface area contributed by atoms with Crippen LogP contribution in [0.2, 0.25) is 5.15 Å². The Kier molecular flexibility index (Phi) is 7.61. The zero-order valence-corrected chi connectivity index (χ0v) is 23.1. The number of pyridine rings is 2. The lowest BCUT2D eigenvalue weighted by atomic mass is 9.80. The van der Waals surface area contributed by atoms with Crippen LogP contribution < -0.4 is 10.5 Å². The van der Waals surface area contributed by atoms with Gasteiger partial charge in [0.05, 0.1) is 16.9 Å². The highest BCUT2D eigenvalue weighted by Gasteiger charge is 2.31. The summed E-state index contributed by atoms with van der Waals surface area (Å²) in [5, 5.41) is 14.9. The van der Waals surface area contributed by atoms with Crippen molar-refractivity contribution in [1.82, 2.24) is 9.55 Å². The fourth-order valence-electron chi connectivity index (χ4n) is 5.12. The predicted octanol–water partition coefficient (Wildman–Crippen LogP) is 5.98. The number of benzene rings is 1. The molecule has 3 aromatic rings. The largest absolute Gasteiger partial charge is 0.390 e. The number of hydrogen-bond acceptors (Lipinski definition) is 6. The molecule has 4 rings (SSSR count). The Labute approximate surface area is 223 Å². The van der Waals surface area contributed by atoms with Gasteiger partial charge in [0.2, 0.25) is 0 Å². The fourth-order valence-corrected chi connectivity index (χ4v) is 5.27. The number of halogens is 1. The number of rotatable bonds is 5. The molecule has 0 saturated heterocycles. The van der Waals surface area contributed by atoms with Gasteiger partial charge in [-0.25, -0.2) is 4.98 Å². The second-order valence-corrected chi connectivity index (χ2v) is 11.2. The van der Waals surface area contributed by atoms with Crippen LogP contribution in [0.1, 0.15) is 63.1 Å². The molecular weight excluding hydrogens is 486 g/mol. The van der Waals surface area contributed by atoms with Gasteiger partial charge in [0.1, 0.15) is 27.9 Å². The first-order chi connectivity index (χ1) is 17.5. The van der Waals surface area contributed by atoms with Gasteiger partial charge in [0, 0.05) is 31.6 Å². The highest BCUT2D eigenvalue weighted by atomic mass is 35.5. The Morgan fingerprint density at radius 2 is 1.86 bits per heavy atom. The average Bonchev–Trinajstić information content (AvgIpc) is 2.86. The smallest absolute Gasteiger partial charge is 0.270 e. The van der Waals surface area contributed by atoms with E-state index in [1.54, 1.807) is 19.2 Å². The summed E-state index contributed by atoms with van der Waals surface area (Å²) >= 11 is 6.23. The van der Waals surface area contributed by atoms with Crippen LogP contribution in [0, 0.1) is 24.2 Å². The maximum absolute atomic E-state index is 13.0. The Hall–Kier alpha value is -3.37. The zero-order chi connectivity index (χ0) is 26.9. The molecule has 0 N–H and O–H groups in total. The van der Waals surface area contributed by atoms with Crippen molar-refractivity contribution in [1.29, 1.82) is 5.26 Å². The molecule has 2 aromatic heterocycles. The first-order valence-electron chi connectivity index (χ1n) is 12.7. The van der Waals surface area contributed by atoms with Gasteiger partial charge in [-0.3, -0.25) is 4.79 Å². The molecule has 0 unspecified atom stereocenters. The van der Waals surface area contributed by atoms with Crippen molar-refractivity contribution in [3.05, 3.63) is 68.6 Å². The van der Waals surface area contributed by atoms with Gasteiger partial charge in [-0.05, 0) is 71.1 Å². The van der Waals surface area contributed by atoms with E-state index in [4.69, 9.17) is 16.4 Å². The minimum atomic E-state index is -0.381. The van der Waals surface area contributed by atoms with E-state index in [-0.39, 0.29) is 28.7 Å². The van der Waals surface area contributed by atoms with Crippen molar-refractivity contribution < 1.29 is 4.84 Å². The Balaban J connectivity index is 1.65. The summed E-state index contributed by atoms with van der Waals surface area (Å²) in [6, 6.07) is 14.0. The van der Waals surface area contributed by atoms with E-state index in [9.17, 15) is 10.1 Å². The number of aryl methyl sites for hydroxylation is 2. The van der Waals surface area contributed by atoms with Crippen LogP contribution in [-0.2, 0) is 11.9 Å². The molecule has 0 bridgehead atoms. The Bertz CT molecular complexity index is 1440. The van der Waals surface area contributed by atoms with E-state index in [0.29, 0.717) is 21.9 Å². The molecule has 1 fully saturated rings. The molecule has 0 amide bonds. The molecule has 1 aliphatic rings. The van der Waals surface area contributed by atoms with Crippen molar-refractivity contribution >= 4 is 34.0 Å². The molecule has 1 saturated carbocycles. The predicted molar refractivity (Wildman–Crippen MR) is 149 cm³/mol. The van der Waals surface area contributed by atoms with Crippen molar-refractivity contribution in [2.75, 3.05) is 11.9 Å². The number of oxime groups is 1. The van der Waals surface area contributed by atoms with Gasteiger partial charge in [0.25, 0.3) is 5.56 Å². The monoisotopic (exact) mass is 519 g/mol. The molecule has 8 heteroatoms. The molecule has 37 heavy (non-hydrogen) atoms. The van der Waals surface area contributed by atoms with Crippen LogP contribution in [0.25, 0.3) is 11.0 Å². The second-order valence-electron chi connectivity index (χ2n) is 10.8. The fraction of sp³-hybridized carbons (Fsp3) is 0.448. The first-order valence-corrected chi connectivity index (χ1v) is 13.0. The molecule has 1 aromatic carbocycles. The van der Waals surface area contributed by atoms with Crippen LogP contribution in [0.4, 0.5) is 5.69 Å². The van der Waals surface area contributed by atoms with Crippen molar-refractivity contribution in [3.63, 3.8) is 0 Å². The molecule has 7 nitrogen and oxygen atoms in total. The van der Waals surface area contributed by atoms with Crippen molar-refractivity contribution in [2.45, 2.75) is 65.0 Å². The maximum atomic E-state index is 13.0. The number of aromatic nitrogens is 2. The van der Waals surface area contributed by atoms with Gasteiger partial charge in [-0.15, -0.1) is 0 Å². The summed E-state index contributed by atoms with van der Waals surface area (Å²) in [5.74, 6) is 0.247. The Morgan fingerprint density at radius 3 is 2.49 bits per heavy atom. The Morgan fingerprint density at radius 1 is 1.19 bits per heavy atom. The lowest BCUT2D eigenvalue weighted by Crippen LogP contribution is -2.39. The van der Waals surface area contributed by atoms with E-state index in [1.807, 2.05) is 40.0 Å². The minimum Gasteiger partial charge on any atom is -0.390 e. The standard InChI is InChI=1S/C29H34ClN5O2/c1-18-9-7-8-10-21(18)25(33-37-29(2,3)4)19-11-13-20(14-12-19)34(5)27-22(17-31)28(36)35(6)23-15-16-24(30)32-26(23)27/h7-10,15-16,19-20H,11-14H2,1-6H3/b33-25-. The summed E-state index contributed by atoms with van der Waals surface area (Å²) in [6.45, 7) is 8.10. The van der Waals surface area contributed by atoms with Crippen LogP contribution in [0.5, 0.6) is 0 Å². The average molecular weight is 520 g/mol. The molecule has 194 valence electrons. The highest BCUT2D eigenvalue weighted by molar-refractivity contribution is 6.29. The molecule has 2 heterocycles. The van der Waals surface area contributed by atoms with Crippen LogP contribution >= 0.6 is 11.6 Å². The summed E-state index contributed by atoms with van der Waals surface area (Å²) in [7, 11) is 3.60. The third-order valence-corrected chi connectivity index (χ3v) is 7.33. The number of fused-ring (bicyclic) bond motifs is 1. The molecule has 0 spiro atoms. The summed E-state index contributed by atoms with van der Waals surface area (Å²) in [4.78, 5) is 25.5. The van der Waals surface area contributed by atoms with E-state index in [2.05, 4.69) is 40.2 Å².